The van der Waals surface area contributed by atoms with Crippen molar-refractivity contribution in [3.63, 3.8) is 0 Å². The van der Waals surface area contributed by atoms with E-state index in [9.17, 15) is 9.59 Å². The van der Waals surface area contributed by atoms with E-state index in [0.717, 1.165) is 39.5 Å². The van der Waals surface area contributed by atoms with E-state index in [1.165, 1.54) is 0 Å². The first-order chi connectivity index (χ1) is 17.9. The number of nitrogens with one attached hydrogen (secondary N) is 1. The van der Waals surface area contributed by atoms with E-state index in [2.05, 4.69) is 19.2 Å². The number of para-hydroxylation sites is 1. The highest BCUT2D eigenvalue weighted by atomic mass is 16.6. The molecule has 0 atom stereocenters. The van der Waals surface area contributed by atoms with Crippen molar-refractivity contribution in [2.75, 3.05) is 18.5 Å². The number of anilines is 1. The second kappa shape index (κ2) is 10.8. The van der Waals surface area contributed by atoms with Gasteiger partial charge >= 0.3 is 12.1 Å². The molecule has 0 saturated heterocycles. The maximum atomic E-state index is 13.0. The molecule has 1 aromatic heterocycles. The summed E-state index contributed by atoms with van der Waals surface area (Å²) in [6, 6.07) is 12.8. The largest absolute Gasteiger partial charge is 0.491 e. The molecule has 0 radical (unpaired) electrons. The molecular weight excluding hydrogens is 482 g/mol. The monoisotopic (exact) mass is 519 g/mol. The topological polar surface area (TPSA) is 112 Å². The fourth-order valence-electron chi connectivity index (χ4n) is 4.44. The summed E-state index contributed by atoms with van der Waals surface area (Å²) in [5.74, 6) is 1.11. The van der Waals surface area contributed by atoms with Gasteiger partial charge < -0.3 is 25.4 Å². The van der Waals surface area contributed by atoms with Crippen LogP contribution in [0.4, 0.5) is 15.3 Å². The van der Waals surface area contributed by atoms with E-state index in [0.29, 0.717) is 37.7 Å². The van der Waals surface area contributed by atoms with Crippen LogP contribution in [0, 0.1) is 12.8 Å². The van der Waals surface area contributed by atoms with Gasteiger partial charge in [0.2, 0.25) is 0 Å². The number of hydrogen-bond acceptors (Lipinski definition) is 5. The standard InChI is InChI=1S/C29H37N5O4/c1-18(2)17-37-24-9-7-8-19(3)25(24)34-26(20-10-12-21(13-11-20)31-27(30)35)22-16-33(15-14-23(22)32-34)28(36)38-29(4,5)6/h7-13,18H,14-17H2,1-6H3,(H3,30,31,35). The third-order valence-electron chi connectivity index (χ3n) is 6.10. The first-order valence-electron chi connectivity index (χ1n) is 12.9. The fourth-order valence-corrected chi connectivity index (χ4v) is 4.44. The maximum absolute atomic E-state index is 13.0. The number of nitrogens with two attached hydrogens (primary N) is 1. The molecular formula is C29H37N5O4. The number of amides is 3. The van der Waals surface area contributed by atoms with Crippen molar-refractivity contribution >= 4 is 17.8 Å². The summed E-state index contributed by atoms with van der Waals surface area (Å²) >= 11 is 0. The quantitative estimate of drug-likeness (QED) is 0.436. The number of ether oxygens (including phenoxy) is 2. The van der Waals surface area contributed by atoms with Crippen LogP contribution in [0.5, 0.6) is 5.75 Å². The number of aryl methyl sites for hydroxylation is 1. The van der Waals surface area contributed by atoms with Gasteiger partial charge in [-0.2, -0.15) is 5.10 Å². The molecule has 1 aliphatic rings. The molecule has 3 aromatic rings. The number of aromatic nitrogens is 2. The average molecular weight is 520 g/mol. The third kappa shape index (κ3) is 6.10. The Hall–Kier alpha value is -4.01. The van der Waals surface area contributed by atoms with Crippen LogP contribution >= 0.6 is 0 Å². The van der Waals surface area contributed by atoms with Crippen molar-refractivity contribution in [1.82, 2.24) is 14.7 Å². The van der Waals surface area contributed by atoms with Crippen LogP contribution in [0.2, 0.25) is 0 Å². The second-order valence-corrected chi connectivity index (χ2v) is 11.0. The summed E-state index contributed by atoms with van der Waals surface area (Å²) in [6.07, 6.45) is 0.254. The summed E-state index contributed by atoms with van der Waals surface area (Å²) in [5, 5.41) is 7.66. The van der Waals surface area contributed by atoms with Crippen LogP contribution in [0.3, 0.4) is 0 Å². The lowest BCUT2D eigenvalue weighted by atomic mass is 10.0. The molecule has 0 aliphatic carbocycles. The number of benzene rings is 2. The molecule has 2 aromatic carbocycles. The Morgan fingerprint density at radius 1 is 1.13 bits per heavy atom. The zero-order valence-corrected chi connectivity index (χ0v) is 23.0. The highest BCUT2D eigenvalue weighted by molar-refractivity contribution is 5.88. The summed E-state index contributed by atoms with van der Waals surface area (Å²) in [5.41, 5.74) is 10.8. The Balaban J connectivity index is 1.84. The Kier molecular flexibility index (Phi) is 7.66. The zero-order chi connectivity index (χ0) is 27.6. The lowest BCUT2D eigenvalue weighted by molar-refractivity contribution is 0.0224. The van der Waals surface area contributed by atoms with Crippen LogP contribution in [-0.2, 0) is 17.7 Å². The molecule has 3 N–H and O–H groups in total. The molecule has 9 heteroatoms. The van der Waals surface area contributed by atoms with Crippen molar-refractivity contribution < 1.29 is 19.1 Å². The van der Waals surface area contributed by atoms with Gasteiger partial charge in [0, 0.05) is 29.8 Å². The normalized spacial score (nSPS) is 13.3. The first kappa shape index (κ1) is 27.0. The molecule has 3 amide bonds. The van der Waals surface area contributed by atoms with Crippen molar-refractivity contribution in [1.29, 1.82) is 0 Å². The minimum Gasteiger partial charge on any atom is -0.491 e. The van der Waals surface area contributed by atoms with Crippen molar-refractivity contribution in [3.8, 4) is 22.7 Å². The van der Waals surface area contributed by atoms with Crippen LogP contribution in [0.1, 0.15) is 51.4 Å². The first-order valence-corrected chi connectivity index (χ1v) is 12.9. The van der Waals surface area contributed by atoms with Crippen molar-refractivity contribution in [2.45, 2.75) is 60.1 Å². The minimum atomic E-state index is -0.625. The van der Waals surface area contributed by atoms with Crippen LogP contribution in [-0.4, -0.2) is 45.6 Å². The summed E-state index contributed by atoms with van der Waals surface area (Å²) in [6.45, 7) is 13.3. The Morgan fingerprint density at radius 2 is 1.84 bits per heavy atom. The third-order valence-corrected chi connectivity index (χ3v) is 6.10. The molecule has 0 unspecified atom stereocenters. The van der Waals surface area contributed by atoms with Gasteiger partial charge in [-0.1, -0.05) is 38.1 Å². The van der Waals surface area contributed by atoms with Gasteiger partial charge in [-0.05, 0) is 57.4 Å². The molecule has 2 heterocycles. The van der Waals surface area contributed by atoms with Crippen LogP contribution in [0.15, 0.2) is 42.5 Å². The summed E-state index contributed by atoms with van der Waals surface area (Å²) < 4.78 is 13.8. The van der Waals surface area contributed by atoms with Gasteiger partial charge in [0.1, 0.15) is 17.0 Å². The van der Waals surface area contributed by atoms with Crippen molar-refractivity contribution in [2.24, 2.45) is 11.7 Å². The van der Waals surface area contributed by atoms with Crippen molar-refractivity contribution in [3.05, 3.63) is 59.3 Å². The SMILES string of the molecule is Cc1cccc(OCC(C)C)c1-n1nc2c(c1-c1ccc(NC(N)=O)cc1)CN(C(=O)OC(C)(C)C)CC2. The lowest BCUT2D eigenvalue weighted by Gasteiger charge is -2.30. The van der Waals surface area contributed by atoms with E-state index in [1.54, 1.807) is 17.0 Å². The number of hydrogen-bond donors (Lipinski definition) is 2. The van der Waals surface area contributed by atoms with E-state index < -0.39 is 11.6 Å². The van der Waals surface area contributed by atoms with E-state index in [-0.39, 0.29) is 6.09 Å². The van der Waals surface area contributed by atoms with Gasteiger partial charge in [-0.15, -0.1) is 0 Å². The van der Waals surface area contributed by atoms with Gasteiger partial charge in [0.15, 0.2) is 0 Å². The Morgan fingerprint density at radius 3 is 2.47 bits per heavy atom. The van der Waals surface area contributed by atoms with Gasteiger partial charge in [0.25, 0.3) is 0 Å². The number of nitrogens with zero attached hydrogens (tertiary/aromatic N) is 3. The number of fused-ring (bicyclic) bond motifs is 1. The molecule has 0 saturated carbocycles. The lowest BCUT2D eigenvalue weighted by Crippen LogP contribution is -2.39. The molecule has 9 nitrogen and oxygen atoms in total. The van der Waals surface area contributed by atoms with Gasteiger partial charge in [-0.3, -0.25) is 0 Å². The molecule has 202 valence electrons. The molecule has 0 bridgehead atoms. The number of rotatable bonds is 6. The molecule has 0 fully saturated rings. The van der Waals surface area contributed by atoms with Gasteiger partial charge in [0.05, 0.1) is 24.5 Å². The maximum Gasteiger partial charge on any atom is 0.410 e. The average Bonchev–Trinajstić information content (AvgIpc) is 3.20. The molecule has 1 aliphatic heterocycles. The summed E-state index contributed by atoms with van der Waals surface area (Å²) in [4.78, 5) is 26.0. The molecule has 0 spiro atoms. The highest BCUT2D eigenvalue weighted by Crippen LogP contribution is 2.37. The summed E-state index contributed by atoms with van der Waals surface area (Å²) in [7, 11) is 0. The second-order valence-electron chi connectivity index (χ2n) is 11.0. The Labute approximate surface area is 223 Å². The smallest absolute Gasteiger partial charge is 0.410 e. The minimum absolute atomic E-state index is 0.347. The molecule has 4 rings (SSSR count). The fraction of sp³-hybridized carbons (Fsp3) is 0.414. The predicted octanol–water partition coefficient (Wildman–Crippen LogP) is 5.67. The Bertz CT molecular complexity index is 1320. The van der Waals surface area contributed by atoms with E-state index in [4.69, 9.17) is 20.3 Å². The predicted molar refractivity (Wildman–Crippen MR) is 148 cm³/mol. The molecule has 38 heavy (non-hydrogen) atoms. The van der Waals surface area contributed by atoms with E-state index in [1.807, 2.05) is 62.7 Å². The number of carbonyl (C=O) groups is 2. The number of urea groups is 1. The number of carbonyl (C=O) groups excluding carboxylic acids is 2. The zero-order valence-electron chi connectivity index (χ0n) is 23.0. The highest BCUT2D eigenvalue weighted by Gasteiger charge is 2.31. The van der Waals surface area contributed by atoms with E-state index >= 15 is 0 Å². The van der Waals surface area contributed by atoms with Crippen LogP contribution < -0.4 is 15.8 Å². The van der Waals surface area contributed by atoms with Crippen LogP contribution in [0.25, 0.3) is 16.9 Å². The number of primary amides is 1. The van der Waals surface area contributed by atoms with Gasteiger partial charge in [-0.25, -0.2) is 14.3 Å².